The van der Waals surface area contributed by atoms with Gasteiger partial charge in [-0.2, -0.15) is 5.10 Å². The summed E-state index contributed by atoms with van der Waals surface area (Å²) in [5.41, 5.74) is 4.65. The number of carbonyl (C=O) groups excluding carboxylic acids is 1. The minimum absolute atomic E-state index is 0.0736. The fourth-order valence-electron chi connectivity index (χ4n) is 1.68. The number of hydrogen-bond donors (Lipinski definition) is 1. The Morgan fingerprint density at radius 1 is 1.14 bits per heavy atom. The molecule has 0 bridgehead atoms. The maximum absolute atomic E-state index is 12.0. The fraction of sp³-hybridized carbons (Fsp3) is 0.333. The highest BCUT2D eigenvalue weighted by molar-refractivity contribution is 7.99. The van der Waals surface area contributed by atoms with Gasteiger partial charge in [-0.3, -0.25) is 4.79 Å². The Morgan fingerprint density at radius 2 is 1.90 bits per heavy atom. The lowest BCUT2D eigenvalue weighted by atomic mass is 10.1. The second-order valence-corrected chi connectivity index (χ2v) is 5.86. The lowest BCUT2D eigenvalue weighted by Crippen LogP contribution is -2.15. The summed E-state index contributed by atoms with van der Waals surface area (Å²) in [6.07, 6.45) is 0. The van der Waals surface area contributed by atoms with Crippen LogP contribution in [0.2, 0.25) is 0 Å². The van der Waals surface area contributed by atoms with E-state index in [1.54, 1.807) is 0 Å². The molecular formula is C15H18N4OS. The van der Waals surface area contributed by atoms with Crippen LogP contribution < -0.4 is 5.32 Å². The van der Waals surface area contributed by atoms with Crippen LogP contribution in [0, 0.1) is 27.7 Å². The smallest absolute Gasteiger partial charge is 0.234 e. The molecule has 6 heteroatoms. The Bertz CT molecular complexity index is 673. The van der Waals surface area contributed by atoms with Crippen molar-refractivity contribution in [3.05, 3.63) is 40.7 Å². The van der Waals surface area contributed by atoms with Gasteiger partial charge in [0.1, 0.15) is 0 Å². The monoisotopic (exact) mass is 302 g/mol. The van der Waals surface area contributed by atoms with E-state index in [-0.39, 0.29) is 11.7 Å². The van der Waals surface area contributed by atoms with Crippen LogP contribution in [-0.2, 0) is 4.79 Å². The number of carbonyl (C=O) groups is 1. The summed E-state index contributed by atoms with van der Waals surface area (Å²) in [6.45, 7) is 7.71. The van der Waals surface area contributed by atoms with E-state index in [1.807, 2.05) is 45.9 Å². The second kappa shape index (κ2) is 6.67. The molecule has 0 radical (unpaired) electrons. The van der Waals surface area contributed by atoms with Crippen molar-refractivity contribution in [2.24, 2.45) is 0 Å². The Morgan fingerprint density at radius 3 is 2.62 bits per heavy atom. The molecule has 110 valence electrons. The van der Waals surface area contributed by atoms with Gasteiger partial charge < -0.3 is 5.32 Å². The first-order valence-electron chi connectivity index (χ1n) is 6.63. The Hall–Kier alpha value is -1.95. The number of thioether (sulfide) groups is 1. The first kappa shape index (κ1) is 15.4. The lowest BCUT2D eigenvalue weighted by molar-refractivity contribution is -0.113. The third-order valence-electron chi connectivity index (χ3n) is 3.07. The number of nitrogens with one attached hydrogen (secondary N) is 1. The molecule has 1 N–H and O–H groups in total. The van der Waals surface area contributed by atoms with E-state index in [2.05, 4.69) is 20.5 Å². The van der Waals surface area contributed by atoms with Crippen molar-refractivity contribution in [2.75, 3.05) is 11.1 Å². The van der Waals surface area contributed by atoms with Crippen LogP contribution >= 0.6 is 11.8 Å². The van der Waals surface area contributed by atoms with E-state index in [4.69, 9.17) is 0 Å². The zero-order valence-corrected chi connectivity index (χ0v) is 13.4. The van der Waals surface area contributed by atoms with Crippen molar-refractivity contribution in [1.29, 1.82) is 0 Å². The predicted octanol–water partition coefficient (Wildman–Crippen LogP) is 2.84. The van der Waals surface area contributed by atoms with E-state index >= 15 is 0 Å². The highest BCUT2D eigenvalue weighted by Gasteiger charge is 2.08. The van der Waals surface area contributed by atoms with E-state index in [0.717, 1.165) is 28.2 Å². The third kappa shape index (κ3) is 4.26. The number of aromatic nitrogens is 3. The summed E-state index contributed by atoms with van der Waals surface area (Å²) in [7, 11) is 0. The first-order valence-corrected chi connectivity index (χ1v) is 7.62. The molecule has 5 nitrogen and oxygen atoms in total. The van der Waals surface area contributed by atoms with Crippen LogP contribution in [-0.4, -0.2) is 26.8 Å². The molecule has 0 saturated heterocycles. The van der Waals surface area contributed by atoms with Gasteiger partial charge in [0, 0.05) is 5.69 Å². The summed E-state index contributed by atoms with van der Waals surface area (Å²) in [6, 6.07) is 5.98. The molecule has 1 heterocycles. The van der Waals surface area contributed by atoms with E-state index < -0.39 is 0 Å². The van der Waals surface area contributed by atoms with Gasteiger partial charge in [0.25, 0.3) is 0 Å². The number of aryl methyl sites for hydroxylation is 4. The number of rotatable bonds is 4. The van der Waals surface area contributed by atoms with Gasteiger partial charge in [-0.05, 0) is 44.9 Å². The maximum Gasteiger partial charge on any atom is 0.234 e. The van der Waals surface area contributed by atoms with Crippen LogP contribution in [0.4, 0.5) is 5.69 Å². The summed E-state index contributed by atoms with van der Waals surface area (Å²) < 4.78 is 0. The van der Waals surface area contributed by atoms with E-state index in [9.17, 15) is 4.79 Å². The van der Waals surface area contributed by atoms with Crippen molar-refractivity contribution >= 4 is 23.4 Å². The topological polar surface area (TPSA) is 67.8 Å². The van der Waals surface area contributed by atoms with Crippen molar-refractivity contribution in [2.45, 2.75) is 32.9 Å². The summed E-state index contributed by atoms with van der Waals surface area (Å²) in [4.78, 5) is 16.3. The number of benzene rings is 1. The molecule has 0 saturated carbocycles. The fourth-order valence-corrected chi connectivity index (χ4v) is 2.32. The Kier molecular flexibility index (Phi) is 4.90. The normalized spacial score (nSPS) is 10.5. The highest BCUT2D eigenvalue weighted by Crippen LogP contribution is 2.18. The average Bonchev–Trinajstić information content (AvgIpc) is 2.44. The summed E-state index contributed by atoms with van der Waals surface area (Å²) in [5.74, 6) is 0.188. The molecule has 0 aliphatic heterocycles. The second-order valence-electron chi connectivity index (χ2n) is 4.92. The van der Waals surface area contributed by atoms with E-state index in [0.29, 0.717) is 5.16 Å². The molecule has 0 unspecified atom stereocenters. The maximum atomic E-state index is 12.0. The van der Waals surface area contributed by atoms with Gasteiger partial charge in [0.15, 0.2) is 0 Å². The van der Waals surface area contributed by atoms with Crippen LogP contribution in [0.3, 0.4) is 0 Å². The summed E-state index contributed by atoms with van der Waals surface area (Å²) >= 11 is 1.28. The standard InChI is InChI=1S/C15H18N4OS/c1-9-5-6-10(2)13(7-9)17-14(20)8-21-15-16-11(3)12(4)18-19-15/h5-7H,8H2,1-4H3,(H,17,20). The minimum Gasteiger partial charge on any atom is -0.325 e. The molecule has 2 rings (SSSR count). The quantitative estimate of drug-likeness (QED) is 0.880. The lowest BCUT2D eigenvalue weighted by Gasteiger charge is -2.09. The van der Waals surface area contributed by atoms with Crippen LogP contribution in [0.15, 0.2) is 23.4 Å². The van der Waals surface area contributed by atoms with Crippen molar-refractivity contribution < 1.29 is 4.79 Å². The molecule has 1 aromatic carbocycles. The van der Waals surface area contributed by atoms with Crippen molar-refractivity contribution in [3.63, 3.8) is 0 Å². The molecule has 0 fully saturated rings. The van der Waals surface area contributed by atoms with Gasteiger partial charge in [-0.1, -0.05) is 23.9 Å². The number of anilines is 1. The molecule has 1 aromatic heterocycles. The van der Waals surface area contributed by atoms with Crippen LogP contribution in [0.5, 0.6) is 0 Å². The Balaban J connectivity index is 1.95. The van der Waals surface area contributed by atoms with Crippen LogP contribution in [0.1, 0.15) is 22.5 Å². The number of nitrogens with zero attached hydrogens (tertiary/aromatic N) is 3. The zero-order chi connectivity index (χ0) is 15.4. The van der Waals surface area contributed by atoms with Gasteiger partial charge >= 0.3 is 0 Å². The van der Waals surface area contributed by atoms with Crippen molar-refractivity contribution in [3.8, 4) is 0 Å². The molecule has 0 atom stereocenters. The molecule has 1 amide bonds. The molecule has 0 aliphatic carbocycles. The third-order valence-corrected chi connectivity index (χ3v) is 3.91. The highest BCUT2D eigenvalue weighted by atomic mass is 32.2. The number of amides is 1. The van der Waals surface area contributed by atoms with E-state index in [1.165, 1.54) is 11.8 Å². The molecular weight excluding hydrogens is 284 g/mol. The first-order chi connectivity index (χ1) is 9.95. The van der Waals surface area contributed by atoms with Gasteiger partial charge in [-0.15, -0.1) is 5.10 Å². The zero-order valence-electron chi connectivity index (χ0n) is 12.6. The average molecular weight is 302 g/mol. The van der Waals surface area contributed by atoms with Gasteiger partial charge in [0.05, 0.1) is 17.1 Å². The van der Waals surface area contributed by atoms with Gasteiger partial charge in [-0.25, -0.2) is 4.98 Å². The Labute approximate surface area is 128 Å². The van der Waals surface area contributed by atoms with Gasteiger partial charge in [0.2, 0.25) is 11.1 Å². The SMILES string of the molecule is Cc1ccc(C)c(NC(=O)CSc2nnc(C)c(C)n2)c1. The number of hydrogen-bond acceptors (Lipinski definition) is 5. The predicted molar refractivity (Wildman–Crippen MR) is 84.6 cm³/mol. The molecule has 2 aromatic rings. The van der Waals surface area contributed by atoms with Crippen LogP contribution in [0.25, 0.3) is 0 Å². The largest absolute Gasteiger partial charge is 0.325 e. The molecule has 0 spiro atoms. The summed E-state index contributed by atoms with van der Waals surface area (Å²) in [5, 5.41) is 11.4. The van der Waals surface area contributed by atoms with Crippen molar-refractivity contribution in [1.82, 2.24) is 15.2 Å². The molecule has 0 aliphatic rings. The minimum atomic E-state index is -0.0736. The molecule has 21 heavy (non-hydrogen) atoms.